The maximum atomic E-state index is 12.9. The zero-order chi connectivity index (χ0) is 24.1. The van der Waals surface area contributed by atoms with E-state index in [0.717, 1.165) is 24.2 Å². The van der Waals surface area contributed by atoms with Crippen molar-refractivity contribution < 1.29 is 17.9 Å². The largest absolute Gasteiger partial charge is 0.493 e. The number of rotatable bonds is 7. The van der Waals surface area contributed by atoms with E-state index in [2.05, 4.69) is 4.72 Å². The van der Waals surface area contributed by atoms with Gasteiger partial charge in [0.15, 0.2) is 0 Å². The SMILES string of the molecule is Cc1ccc(C)c(S(=O)(=O)Nc2ccc(C(=O)N3CCC(COc4ccccc4)CC3)cc2)c1. The average molecular weight is 479 g/mol. The normalized spacial score (nSPS) is 14.6. The molecule has 0 radical (unpaired) electrons. The molecule has 1 fully saturated rings. The molecule has 3 aromatic rings. The Morgan fingerprint density at radius 2 is 1.65 bits per heavy atom. The van der Waals surface area contributed by atoms with E-state index in [0.29, 0.717) is 42.4 Å². The monoisotopic (exact) mass is 478 g/mol. The Labute approximate surface area is 201 Å². The Morgan fingerprint density at radius 1 is 0.971 bits per heavy atom. The minimum absolute atomic E-state index is 0.0358. The summed E-state index contributed by atoms with van der Waals surface area (Å²) in [5.41, 5.74) is 2.53. The van der Waals surface area contributed by atoms with Crippen molar-refractivity contribution in [2.45, 2.75) is 31.6 Å². The summed E-state index contributed by atoms with van der Waals surface area (Å²) in [5, 5.41) is 0. The predicted octanol–water partition coefficient (Wildman–Crippen LogP) is 5.04. The van der Waals surface area contributed by atoms with Crippen molar-refractivity contribution in [1.82, 2.24) is 4.90 Å². The highest BCUT2D eigenvalue weighted by Gasteiger charge is 2.24. The third-order valence-electron chi connectivity index (χ3n) is 6.15. The van der Waals surface area contributed by atoms with Gasteiger partial charge in [-0.05, 0) is 86.2 Å². The number of hydrogen-bond acceptors (Lipinski definition) is 4. The molecule has 4 rings (SSSR count). The summed E-state index contributed by atoms with van der Waals surface area (Å²) in [7, 11) is -3.71. The summed E-state index contributed by atoms with van der Waals surface area (Å²) in [6.45, 7) is 5.65. The summed E-state index contributed by atoms with van der Waals surface area (Å²) < 4.78 is 34.1. The Bertz CT molecular complexity index is 1230. The molecule has 1 heterocycles. The fraction of sp³-hybridized carbons (Fsp3) is 0.296. The molecule has 34 heavy (non-hydrogen) atoms. The van der Waals surface area contributed by atoms with Crippen LogP contribution in [0.2, 0.25) is 0 Å². The fourth-order valence-electron chi connectivity index (χ4n) is 4.10. The molecule has 0 unspecified atom stereocenters. The van der Waals surface area contributed by atoms with Crippen LogP contribution in [0.3, 0.4) is 0 Å². The van der Waals surface area contributed by atoms with Gasteiger partial charge in [-0.15, -0.1) is 0 Å². The molecule has 1 aliphatic rings. The van der Waals surface area contributed by atoms with E-state index in [4.69, 9.17) is 4.74 Å². The molecule has 1 amide bonds. The van der Waals surface area contributed by atoms with Gasteiger partial charge in [-0.2, -0.15) is 0 Å². The Balaban J connectivity index is 1.32. The molecule has 0 aromatic heterocycles. The number of aryl methyl sites for hydroxylation is 2. The maximum Gasteiger partial charge on any atom is 0.262 e. The van der Waals surface area contributed by atoms with E-state index in [1.807, 2.05) is 48.2 Å². The highest BCUT2D eigenvalue weighted by molar-refractivity contribution is 7.92. The zero-order valence-corrected chi connectivity index (χ0v) is 20.3. The minimum atomic E-state index is -3.71. The Morgan fingerprint density at radius 3 is 2.32 bits per heavy atom. The van der Waals surface area contributed by atoms with E-state index >= 15 is 0 Å². The van der Waals surface area contributed by atoms with E-state index in [-0.39, 0.29) is 10.8 Å². The van der Waals surface area contributed by atoms with Crippen LogP contribution < -0.4 is 9.46 Å². The van der Waals surface area contributed by atoms with Crippen LogP contribution in [0.15, 0.2) is 77.7 Å². The Hall–Kier alpha value is -3.32. The molecular formula is C27H30N2O4S. The fourth-order valence-corrected chi connectivity index (χ4v) is 5.49. The Kier molecular flexibility index (Phi) is 7.22. The number of ether oxygens (including phenoxy) is 1. The number of likely N-dealkylation sites (tertiary alicyclic amines) is 1. The first-order chi connectivity index (χ1) is 16.3. The van der Waals surface area contributed by atoms with Crippen LogP contribution >= 0.6 is 0 Å². The average Bonchev–Trinajstić information content (AvgIpc) is 2.85. The summed E-state index contributed by atoms with van der Waals surface area (Å²) in [4.78, 5) is 15.1. The number of nitrogens with one attached hydrogen (secondary N) is 1. The molecule has 0 bridgehead atoms. The lowest BCUT2D eigenvalue weighted by Crippen LogP contribution is -2.39. The maximum absolute atomic E-state index is 12.9. The van der Waals surface area contributed by atoms with Gasteiger partial charge >= 0.3 is 0 Å². The highest BCUT2D eigenvalue weighted by atomic mass is 32.2. The third kappa shape index (κ3) is 5.78. The second-order valence-corrected chi connectivity index (χ2v) is 10.5. The standard InChI is InChI=1S/C27H30N2O4S/c1-20-8-9-21(2)26(18-20)34(31,32)28-24-12-10-23(11-13-24)27(30)29-16-14-22(15-17-29)19-33-25-6-4-3-5-7-25/h3-13,18,22,28H,14-17,19H2,1-2H3. The minimum Gasteiger partial charge on any atom is -0.493 e. The number of piperidine rings is 1. The third-order valence-corrected chi connectivity index (χ3v) is 7.67. The number of amides is 1. The first-order valence-electron chi connectivity index (χ1n) is 11.5. The lowest BCUT2D eigenvalue weighted by Gasteiger charge is -2.32. The summed E-state index contributed by atoms with van der Waals surface area (Å²) in [6.07, 6.45) is 1.79. The number of carbonyl (C=O) groups is 1. The van der Waals surface area contributed by atoms with Crippen LogP contribution in [0, 0.1) is 19.8 Å². The van der Waals surface area contributed by atoms with Gasteiger partial charge in [-0.25, -0.2) is 8.42 Å². The van der Waals surface area contributed by atoms with E-state index in [1.54, 1.807) is 43.3 Å². The predicted molar refractivity (Wildman–Crippen MR) is 134 cm³/mol. The van der Waals surface area contributed by atoms with Crippen LogP contribution in [0.25, 0.3) is 0 Å². The van der Waals surface area contributed by atoms with Crippen LogP contribution in [-0.4, -0.2) is 38.9 Å². The second kappa shape index (κ2) is 10.3. The number of carbonyl (C=O) groups excluding carboxylic acids is 1. The van der Waals surface area contributed by atoms with Gasteiger partial charge in [0.25, 0.3) is 15.9 Å². The van der Waals surface area contributed by atoms with Gasteiger partial charge in [0.2, 0.25) is 0 Å². The molecule has 3 aromatic carbocycles. The number of nitrogens with zero attached hydrogens (tertiary/aromatic N) is 1. The van der Waals surface area contributed by atoms with E-state index in [1.165, 1.54) is 0 Å². The van der Waals surface area contributed by atoms with E-state index in [9.17, 15) is 13.2 Å². The quantitative estimate of drug-likeness (QED) is 0.516. The smallest absolute Gasteiger partial charge is 0.262 e. The molecule has 0 spiro atoms. The molecule has 178 valence electrons. The number of sulfonamides is 1. The van der Waals surface area contributed by atoms with Gasteiger partial charge in [0.05, 0.1) is 11.5 Å². The number of anilines is 1. The molecule has 0 saturated carbocycles. The van der Waals surface area contributed by atoms with Gasteiger partial charge in [-0.3, -0.25) is 9.52 Å². The van der Waals surface area contributed by atoms with Crippen LogP contribution in [0.5, 0.6) is 5.75 Å². The topological polar surface area (TPSA) is 75.7 Å². The molecule has 0 atom stereocenters. The second-order valence-electron chi connectivity index (χ2n) is 8.81. The van der Waals surface area contributed by atoms with E-state index < -0.39 is 10.0 Å². The molecular weight excluding hydrogens is 448 g/mol. The van der Waals surface area contributed by atoms with Crippen molar-refractivity contribution in [3.05, 3.63) is 89.5 Å². The molecule has 1 aliphatic heterocycles. The van der Waals surface area contributed by atoms with Crippen molar-refractivity contribution in [2.24, 2.45) is 5.92 Å². The molecule has 1 N–H and O–H groups in total. The highest BCUT2D eigenvalue weighted by Crippen LogP contribution is 2.23. The van der Waals surface area contributed by atoms with Crippen LogP contribution in [-0.2, 0) is 10.0 Å². The molecule has 0 aliphatic carbocycles. The molecule has 7 heteroatoms. The van der Waals surface area contributed by atoms with Gasteiger partial charge < -0.3 is 9.64 Å². The first-order valence-corrected chi connectivity index (χ1v) is 13.0. The summed E-state index contributed by atoms with van der Waals surface area (Å²) in [6, 6.07) is 21.7. The van der Waals surface area contributed by atoms with Crippen molar-refractivity contribution >= 4 is 21.6 Å². The van der Waals surface area contributed by atoms with Crippen molar-refractivity contribution in [1.29, 1.82) is 0 Å². The van der Waals surface area contributed by atoms with Gasteiger partial charge in [-0.1, -0.05) is 30.3 Å². The number of benzene rings is 3. The van der Waals surface area contributed by atoms with Crippen molar-refractivity contribution in [3.63, 3.8) is 0 Å². The van der Waals surface area contributed by atoms with Gasteiger partial charge in [0.1, 0.15) is 5.75 Å². The number of para-hydroxylation sites is 1. The summed E-state index contributed by atoms with van der Waals surface area (Å²) in [5.74, 6) is 1.26. The number of hydrogen-bond donors (Lipinski definition) is 1. The molecule has 1 saturated heterocycles. The molecule has 6 nitrogen and oxygen atoms in total. The van der Waals surface area contributed by atoms with Crippen molar-refractivity contribution in [3.8, 4) is 5.75 Å². The van der Waals surface area contributed by atoms with Gasteiger partial charge in [0, 0.05) is 24.3 Å². The zero-order valence-electron chi connectivity index (χ0n) is 19.5. The summed E-state index contributed by atoms with van der Waals surface area (Å²) >= 11 is 0. The first kappa shape index (κ1) is 23.8. The van der Waals surface area contributed by atoms with Crippen molar-refractivity contribution in [2.75, 3.05) is 24.4 Å². The van der Waals surface area contributed by atoms with Crippen LogP contribution in [0.1, 0.15) is 34.3 Å². The van der Waals surface area contributed by atoms with Crippen LogP contribution in [0.4, 0.5) is 5.69 Å². The lowest BCUT2D eigenvalue weighted by atomic mass is 9.97. The lowest BCUT2D eigenvalue weighted by molar-refractivity contribution is 0.0661.